The average Bonchev–Trinajstić information content (AvgIpc) is 2.56. The van der Waals surface area contributed by atoms with Gasteiger partial charge in [0.2, 0.25) is 5.90 Å². The van der Waals surface area contributed by atoms with E-state index in [1.54, 1.807) is 13.8 Å². The zero-order valence-electron chi connectivity index (χ0n) is 9.88. The van der Waals surface area contributed by atoms with Gasteiger partial charge in [-0.05, 0) is 19.4 Å². The smallest absolute Gasteiger partial charge is 0.340 e. The summed E-state index contributed by atoms with van der Waals surface area (Å²) in [5, 5.41) is 9.42. The zero-order chi connectivity index (χ0) is 12.5. The lowest BCUT2D eigenvalue weighted by molar-refractivity contribution is -0.138. The normalized spacial score (nSPS) is 19.7. The summed E-state index contributed by atoms with van der Waals surface area (Å²) in [7, 11) is 0. The van der Waals surface area contributed by atoms with E-state index in [2.05, 4.69) is 4.99 Å². The molecule has 1 aromatic rings. The lowest BCUT2D eigenvalue weighted by Gasteiger charge is -2.12. The molecular formula is C13H15NO3. The van der Waals surface area contributed by atoms with Crippen LogP contribution in [0.15, 0.2) is 35.3 Å². The van der Waals surface area contributed by atoms with E-state index in [0.29, 0.717) is 5.90 Å². The Balaban J connectivity index is 2.31. The molecule has 90 valence electrons. The summed E-state index contributed by atoms with van der Waals surface area (Å²) in [5.74, 6) is -0.447. The Morgan fingerprint density at radius 1 is 1.35 bits per heavy atom. The van der Waals surface area contributed by atoms with Gasteiger partial charge in [0, 0.05) is 0 Å². The zero-order valence-corrected chi connectivity index (χ0v) is 9.88. The van der Waals surface area contributed by atoms with Gasteiger partial charge in [-0.15, -0.1) is 0 Å². The number of carbonyl (C=O) groups excluding carboxylic acids is 1. The molecule has 0 radical (unpaired) electrons. The molecule has 1 aliphatic rings. The van der Waals surface area contributed by atoms with Gasteiger partial charge in [0.15, 0.2) is 5.54 Å². The lowest BCUT2D eigenvalue weighted by atomic mass is 10.00. The first-order valence-corrected chi connectivity index (χ1v) is 5.52. The summed E-state index contributed by atoms with van der Waals surface area (Å²) >= 11 is 0. The molecule has 4 nitrogen and oxygen atoms in total. The van der Waals surface area contributed by atoms with Gasteiger partial charge in [0.05, 0.1) is 12.5 Å². The highest BCUT2D eigenvalue weighted by Crippen LogP contribution is 2.27. The van der Waals surface area contributed by atoms with E-state index in [-0.39, 0.29) is 18.5 Å². The van der Waals surface area contributed by atoms with Crippen LogP contribution in [0.4, 0.5) is 0 Å². The monoisotopic (exact) mass is 233 g/mol. The van der Waals surface area contributed by atoms with Crippen LogP contribution in [0.25, 0.3) is 0 Å². The number of aliphatic imine (C=N–C) groups is 1. The SMILES string of the molecule is CC1(C)N=C(C(CO)c2ccccc2)OC1=O. The summed E-state index contributed by atoms with van der Waals surface area (Å²) in [6.07, 6.45) is 0. The van der Waals surface area contributed by atoms with Crippen LogP contribution in [0.1, 0.15) is 25.3 Å². The van der Waals surface area contributed by atoms with Gasteiger partial charge in [0.1, 0.15) is 0 Å². The minimum atomic E-state index is -0.850. The second kappa shape index (κ2) is 4.30. The molecule has 17 heavy (non-hydrogen) atoms. The minimum Gasteiger partial charge on any atom is -0.409 e. The molecule has 0 aliphatic carbocycles. The molecule has 1 atom stereocenters. The quantitative estimate of drug-likeness (QED) is 0.805. The molecule has 0 saturated heterocycles. The first-order chi connectivity index (χ1) is 8.04. The highest BCUT2D eigenvalue weighted by Gasteiger charge is 2.39. The first kappa shape index (κ1) is 11.8. The molecule has 4 heteroatoms. The Hall–Kier alpha value is -1.68. The van der Waals surface area contributed by atoms with Crippen LogP contribution >= 0.6 is 0 Å². The third-order valence-corrected chi connectivity index (χ3v) is 2.77. The molecule has 0 fully saturated rings. The van der Waals surface area contributed by atoms with E-state index >= 15 is 0 Å². The number of esters is 1. The molecule has 0 aromatic heterocycles. The predicted octanol–water partition coefficient (Wildman–Crippen LogP) is 1.50. The van der Waals surface area contributed by atoms with Crippen LogP contribution in [-0.2, 0) is 9.53 Å². The van der Waals surface area contributed by atoms with Crippen LogP contribution in [0.3, 0.4) is 0 Å². The van der Waals surface area contributed by atoms with Crippen molar-refractivity contribution in [3.05, 3.63) is 35.9 Å². The second-order valence-corrected chi connectivity index (χ2v) is 4.54. The van der Waals surface area contributed by atoms with E-state index in [9.17, 15) is 9.90 Å². The van der Waals surface area contributed by atoms with Crippen LogP contribution in [-0.4, -0.2) is 29.1 Å². The van der Waals surface area contributed by atoms with Gasteiger partial charge in [0.25, 0.3) is 0 Å². The van der Waals surface area contributed by atoms with Crippen LogP contribution in [0, 0.1) is 0 Å². The van der Waals surface area contributed by atoms with Gasteiger partial charge in [-0.3, -0.25) is 0 Å². The number of benzene rings is 1. The van der Waals surface area contributed by atoms with Crippen LogP contribution in [0.5, 0.6) is 0 Å². The molecule has 2 rings (SSSR count). The van der Waals surface area contributed by atoms with Crippen molar-refractivity contribution in [2.75, 3.05) is 6.61 Å². The molecule has 1 aliphatic heterocycles. The van der Waals surface area contributed by atoms with Crippen molar-refractivity contribution >= 4 is 11.9 Å². The number of rotatable bonds is 3. The Morgan fingerprint density at radius 3 is 2.47 bits per heavy atom. The summed E-state index contributed by atoms with van der Waals surface area (Å²) in [6, 6.07) is 9.40. The number of aliphatic hydroxyl groups is 1. The van der Waals surface area contributed by atoms with E-state index in [1.807, 2.05) is 30.3 Å². The van der Waals surface area contributed by atoms with E-state index in [1.165, 1.54) is 0 Å². The number of carbonyl (C=O) groups is 1. The van der Waals surface area contributed by atoms with Crippen molar-refractivity contribution < 1.29 is 14.6 Å². The Kier molecular flexibility index (Phi) is 2.98. The van der Waals surface area contributed by atoms with Gasteiger partial charge in [-0.1, -0.05) is 30.3 Å². The number of ether oxygens (including phenoxy) is 1. The maximum Gasteiger partial charge on any atom is 0.340 e. The summed E-state index contributed by atoms with van der Waals surface area (Å²) < 4.78 is 5.14. The molecule has 1 N–H and O–H groups in total. The molecule has 1 heterocycles. The van der Waals surface area contributed by atoms with E-state index in [4.69, 9.17) is 4.74 Å². The number of nitrogens with zero attached hydrogens (tertiary/aromatic N) is 1. The summed E-state index contributed by atoms with van der Waals surface area (Å²) in [4.78, 5) is 15.8. The third-order valence-electron chi connectivity index (χ3n) is 2.77. The minimum absolute atomic E-state index is 0.133. The molecule has 0 amide bonds. The lowest BCUT2D eigenvalue weighted by Crippen LogP contribution is -2.25. The fourth-order valence-electron chi connectivity index (χ4n) is 1.72. The number of cyclic esters (lactones) is 1. The van der Waals surface area contributed by atoms with Gasteiger partial charge >= 0.3 is 5.97 Å². The van der Waals surface area contributed by atoms with Crippen molar-refractivity contribution in [1.82, 2.24) is 0 Å². The van der Waals surface area contributed by atoms with Crippen molar-refractivity contribution in [2.24, 2.45) is 4.99 Å². The van der Waals surface area contributed by atoms with Gasteiger partial charge in [-0.2, -0.15) is 0 Å². The van der Waals surface area contributed by atoms with Crippen molar-refractivity contribution in [1.29, 1.82) is 0 Å². The standard InChI is InChI=1S/C13H15NO3/c1-13(2)12(16)17-11(14-13)10(8-15)9-6-4-3-5-7-9/h3-7,10,15H,8H2,1-2H3. The van der Waals surface area contributed by atoms with Gasteiger partial charge in [-0.25, -0.2) is 9.79 Å². The van der Waals surface area contributed by atoms with E-state index < -0.39 is 5.54 Å². The van der Waals surface area contributed by atoms with E-state index in [0.717, 1.165) is 5.56 Å². The maximum absolute atomic E-state index is 11.5. The van der Waals surface area contributed by atoms with Crippen molar-refractivity contribution in [3.8, 4) is 0 Å². The van der Waals surface area contributed by atoms with Crippen molar-refractivity contribution in [3.63, 3.8) is 0 Å². The Morgan fingerprint density at radius 2 is 2.00 bits per heavy atom. The molecular weight excluding hydrogens is 218 g/mol. The Bertz CT molecular complexity index is 451. The fraction of sp³-hybridized carbons (Fsp3) is 0.385. The largest absolute Gasteiger partial charge is 0.409 e. The van der Waals surface area contributed by atoms with Crippen LogP contribution in [0.2, 0.25) is 0 Å². The third kappa shape index (κ3) is 2.22. The fourth-order valence-corrected chi connectivity index (χ4v) is 1.72. The number of hydrogen-bond donors (Lipinski definition) is 1. The summed E-state index contributed by atoms with van der Waals surface area (Å²) in [6.45, 7) is 3.26. The maximum atomic E-state index is 11.5. The second-order valence-electron chi connectivity index (χ2n) is 4.54. The topological polar surface area (TPSA) is 58.9 Å². The summed E-state index contributed by atoms with van der Waals surface area (Å²) in [5.41, 5.74) is 0.0385. The number of hydrogen-bond acceptors (Lipinski definition) is 4. The van der Waals surface area contributed by atoms with Gasteiger partial charge < -0.3 is 9.84 Å². The highest BCUT2D eigenvalue weighted by molar-refractivity contribution is 6.02. The molecule has 0 saturated carbocycles. The number of aliphatic hydroxyl groups excluding tert-OH is 1. The molecule has 0 bridgehead atoms. The molecule has 1 aromatic carbocycles. The Labute approximate surface area is 99.9 Å². The van der Waals surface area contributed by atoms with Crippen LogP contribution < -0.4 is 0 Å². The van der Waals surface area contributed by atoms with Crippen molar-refractivity contribution in [2.45, 2.75) is 25.3 Å². The molecule has 0 spiro atoms. The first-order valence-electron chi connectivity index (χ1n) is 5.52. The average molecular weight is 233 g/mol. The predicted molar refractivity (Wildman–Crippen MR) is 63.9 cm³/mol. The molecule has 1 unspecified atom stereocenters. The highest BCUT2D eigenvalue weighted by atomic mass is 16.6.